The Labute approximate surface area is 335 Å². The minimum atomic E-state index is -0.0448. The summed E-state index contributed by atoms with van der Waals surface area (Å²) in [6.07, 6.45) is 43.0. The zero-order valence-corrected chi connectivity index (χ0v) is 35.4. The minimum Gasteiger partial charge on any atom is -0.344 e. The average Bonchev–Trinajstić information content (AvgIpc) is 3.18. The molecule has 0 unspecified atom stereocenters. The summed E-state index contributed by atoms with van der Waals surface area (Å²) in [5, 5.41) is 4.93. The fraction of sp³-hybridized carbons (Fsp3) is 0.620. The molecule has 3 rings (SSSR count). The third-order valence-electron chi connectivity index (χ3n) is 10.9. The Morgan fingerprint density at radius 3 is 1.60 bits per heavy atom. The number of unbranched alkanes of at least 4 members (excludes halogenated alkanes) is 22. The first-order valence-corrected chi connectivity index (χ1v) is 22.7. The number of carbonyl (C=O) groups is 2. The number of anilines is 1. The lowest BCUT2D eigenvalue weighted by Gasteiger charge is -2.16. The minimum absolute atomic E-state index is 0.0448. The summed E-state index contributed by atoms with van der Waals surface area (Å²) in [5.41, 5.74) is 3.96. The molecule has 2 amide bonds. The molecule has 1 aromatic rings. The second-order valence-corrected chi connectivity index (χ2v) is 15.9. The Bertz CT molecular complexity index is 1580. The Hall–Kier alpha value is -3.47. The van der Waals surface area contributed by atoms with Gasteiger partial charge in [0.1, 0.15) is 0 Å². The lowest BCUT2D eigenvalue weighted by Crippen LogP contribution is -2.12. The van der Waals surface area contributed by atoms with Crippen molar-refractivity contribution < 1.29 is 9.59 Å². The van der Waals surface area contributed by atoms with Crippen molar-refractivity contribution in [3.05, 3.63) is 72.1 Å². The van der Waals surface area contributed by atoms with Gasteiger partial charge in [0.2, 0.25) is 11.8 Å². The summed E-state index contributed by atoms with van der Waals surface area (Å²) >= 11 is 0. The number of pyridine rings is 1. The normalized spacial score (nSPS) is 12.2. The molecule has 0 atom stereocenters. The van der Waals surface area contributed by atoms with Crippen LogP contribution in [0.4, 0.5) is 5.69 Å². The third kappa shape index (κ3) is 20.3. The van der Waals surface area contributed by atoms with Crippen molar-refractivity contribution >= 4 is 28.4 Å². The highest BCUT2D eigenvalue weighted by Gasteiger charge is 2.11. The van der Waals surface area contributed by atoms with Crippen molar-refractivity contribution in [1.82, 2.24) is 4.57 Å². The topological polar surface area (TPSA) is 63.5 Å². The predicted molar refractivity (Wildman–Crippen MR) is 238 cm³/mol. The number of nitrogens with zero attached hydrogens (tertiary/aromatic N) is 2. The number of allylic oxidation sites excluding steroid dienone is 4. The molecule has 0 spiro atoms. The van der Waals surface area contributed by atoms with Crippen LogP contribution in [-0.4, -0.2) is 16.4 Å². The monoisotopic (exact) mass is 752 g/mol. The van der Waals surface area contributed by atoms with E-state index >= 15 is 0 Å². The summed E-state index contributed by atoms with van der Waals surface area (Å²) in [6, 6.07) is 14.3. The fourth-order valence-corrected chi connectivity index (χ4v) is 7.47. The van der Waals surface area contributed by atoms with Crippen LogP contribution in [0.2, 0.25) is 0 Å². The van der Waals surface area contributed by atoms with E-state index in [4.69, 9.17) is 0 Å². The number of aryl methyl sites for hydroxylation is 1. The Morgan fingerprint density at radius 2 is 1.05 bits per heavy atom. The van der Waals surface area contributed by atoms with Crippen molar-refractivity contribution in [3.63, 3.8) is 0 Å². The van der Waals surface area contributed by atoms with Crippen molar-refractivity contribution in [1.29, 1.82) is 0 Å². The molecule has 1 aromatic carbocycles. The Kier molecular flexibility index (Phi) is 24.9. The van der Waals surface area contributed by atoms with Crippen molar-refractivity contribution in [2.24, 2.45) is 12.0 Å². The number of carbonyl (C=O) groups excluding carboxylic acids is 2. The first kappa shape index (κ1) is 45.9. The van der Waals surface area contributed by atoms with E-state index in [1.807, 2.05) is 37.4 Å². The summed E-state index contributed by atoms with van der Waals surface area (Å²) < 4.78 is 2.14. The standard InChI is InChI=1S/C50H77N3O2/c1-4-6-8-10-12-14-16-18-20-22-24-26-28-30-32-34-49(54)51-45-38-36-43-40-44-37-39-46(42-48(44)53(3)47(43)41-45)52-50(55)35-33-31-29-27-25-23-21-19-17-15-13-11-9-7-5-2/h18-21,36-42H,4-17,22-35H2,1-3H3,(H,51,54)/b20-18-,21-19-,52-46?. The number of rotatable bonds is 31. The molecule has 1 aliphatic carbocycles. The van der Waals surface area contributed by atoms with Crippen LogP contribution in [0.3, 0.4) is 0 Å². The highest BCUT2D eigenvalue weighted by molar-refractivity contribution is 5.95. The van der Waals surface area contributed by atoms with Crippen LogP contribution in [0, 0.1) is 0 Å². The molecule has 5 heteroatoms. The summed E-state index contributed by atoms with van der Waals surface area (Å²) in [7, 11) is 2.04. The maximum atomic E-state index is 12.8. The van der Waals surface area contributed by atoms with E-state index in [0.717, 1.165) is 53.5 Å². The number of aromatic nitrogens is 1. The number of amides is 2. The van der Waals surface area contributed by atoms with Crippen LogP contribution in [0.5, 0.6) is 0 Å². The van der Waals surface area contributed by atoms with E-state index < -0.39 is 0 Å². The molecule has 1 N–H and O–H groups in total. The van der Waals surface area contributed by atoms with Crippen molar-refractivity contribution in [2.75, 3.05) is 5.32 Å². The van der Waals surface area contributed by atoms with Crippen LogP contribution in [0.1, 0.15) is 194 Å². The van der Waals surface area contributed by atoms with Gasteiger partial charge < -0.3 is 9.88 Å². The first-order valence-electron chi connectivity index (χ1n) is 22.7. The molecule has 0 fully saturated rings. The maximum absolute atomic E-state index is 12.8. The predicted octanol–water partition coefficient (Wildman–Crippen LogP) is 14.7. The molecule has 0 aromatic heterocycles. The van der Waals surface area contributed by atoms with Gasteiger partial charge >= 0.3 is 0 Å². The molecule has 2 aliphatic rings. The highest BCUT2D eigenvalue weighted by Crippen LogP contribution is 2.28. The molecule has 5 nitrogen and oxygen atoms in total. The smallest absolute Gasteiger partial charge is 0.246 e. The summed E-state index contributed by atoms with van der Waals surface area (Å²) in [5.74, 6) is 0.0305. The highest BCUT2D eigenvalue weighted by atomic mass is 16.2. The molecule has 0 saturated carbocycles. The van der Waals surface area contributed by atoms with Crippen LogP contribution in [0.25, 0.3) is 22.2 Å². The average molecular weight is 752 g/mol. The number of nitrogens with one attached hydrogen (secondary N) is 1. The maximum Gasteiger partial charge on any atom is 0.246 e. The van der Waals surface area contributed by atoms with Crippen molar-refractivity contribution in [2.45, 2.75) is 194 Å². The quantitative estimate of drug-likeness (QED) is 0.0404. The fourth-order valence-electron chi connectivity index (χ4n) is 7.47. The zero-order valence-electron chi connectivity index (χ0n) is 35.4. The van der Waals surface area contributed by atoms with E-state index in [0.29, 0.717) is 18.2 Å². The van der Waals surface area contributed by atoms with Crippen molar-refractivity contribution in [3.8, 4) is 11.3 Å². The van der Waals surface area contributed by atoms with Gasteiger partial charge in [-0.05, 0) is 105 Å². The lowest BCUT2D eigenvalue weighted by atomic mass is 10.0. The summed E-state index contributed by atoms with van der Waals surface area (Å²) in [6.45, 7) is 4.54. The van der Waals surface area contributed by atoms with Gasteiger partial charge in [0, 0.05) is 25.6 Å². The summed E-state index contributed by atoms with van der Waals surface area (Å²) in [4.78, 5) is 30.0. The lowest BCUT2D eigenvalue weighted by molar-refractivity contribution is -0.118. The van der Waals surface area contributed by atoms with Gasteiger partial charge in [-0.15, -0.1) is 0 Å². The molecule has 0 radical (unpaired) electrons. The van der Waals surface area contributed by atoms with E-state index in [-0.39, 0.29) is 11.8 Å². The van der Waals surface area contributed by atoms with Crippen LogP contribution < -0.4 is 10.7 Å². The number of hydrogen-bond acceptors (Lipinski definition) is 2. The SMILES string of the molecule is CCCCCCCC/C=C\CCCCCCCC(=O)N=c1ccc2cc3ccc(NC(=O)CCCCCCC/C=C\CCCCCCCC)cc3n(C)c-2c1. The molecule has 1 aliphatic heterocycles. The molecular weight excluding hydrogens is 675 g/mol. The molecule has 55 heavy (non-hydrogen) atoms. The van der Waals surface area contributed by atoms with Gasteiger partial charge in [-0.3, -0.25) is 9.59 Å². The van der Waals surface area contributed by atoms with Crippen LogP contribution in [0.15, 0.2) is 71.8 Å². The second-order valence-electron chi connectivity index (χ2n) is 15.9. The number of benzene rings is 2. The number of fused-ring (bicyclic) bond motifs is 2. The van der Waals surface area contributed by atoms with Gasteiger partial charge in [0.15, 0.2) is 0 Å². The van der Waals surface area contributed by atoms with E-state index in [1.54, 1.807) is 0 Å². The van der Waals surface area contributed by atoms with Gasteiger partial charge in [0.05, 0.1) is 16.6 Å². The third-order valence-corrected chi connectivity index (χ3v) is 10.9. The van der Waals surface area contributed by atoms with E-state index in [9.17, 15) is 9.59 Å². The largest absolute Gasteiger partial charge is 0.344 e. The van der Waals surface area contributed by atoms with Gasteiger partial charge in [-0.25, -0.2) is 4.99 Å². The van der Waals surface area contributed by atoms with Gasteiger partial charge in [0.25, 0.3) is 0 Å². The zero-order chi connectivity index (χ0) is 39.2. The van der Waals surface area contributed by atoms with Crippen LogP contribution in [-0.2, 0) is 16.6 Å². The number of hydrogen-bond donors (Lipinski definition) is 1. The first-order chi connectivity index (χ1) is 27.0. The molecule has 0 saturated heterocycles. The van der Waals surface area contributed by atoms with Crippen LogP contribution >= 0.6 is 0 Å². The van der Waals surface area contributed by atoms with E-state index in [2.05, 4.69) is 65.2 Å². The molecular formula is C50H77N3O2. The second kappa shape index (κ2) is 29.8. The molecule has 304 valence electrons. The molecule has 0 bridgehead atoms. The van der Waals surface area contributed by atoms with Gasteiger partial charge in [-0.2, -0.15) is 0 Å². The molecule has 1 heterocycles. The Balaban J connectivity index is 1.33. The Morgan fingerprint density at radius 1 is 0.564 bits per heavy atom. The van der Waals surface area contributed by atoms with E-state index in [1.165, 1.54) is 141 Å². The van der Waals surface area contributed by atoms with Gasteiger partial charge in [-0.1, -0.05) is 153 Å².